The number of aliphatic carboxylic acids is 1. The maximum Gasteiger partial charge on any atom is 0.322 e. The molecule has 1 aromatic carbocycles. The molecular weight excluding hydrogens is 388 g/mol. The molecule has 0 radical (unpaired) electrons. The Bertz CT molecular complexity index is 768. The van der Waals surface area contributed by atoms with Gasteiger partial charge in [0, 0.05) is 13.0 Å². The molecule has 0 aromatic heterocycles. The molecule has 2 rings (SSSR count). The fourth-order valence-corrected chi connectivity index (χ4v) is 3.40. The van der Waals surface area contributed by atoms with Crippen molar-refractivity contribution in [2.75, 3.05) is 13.1 Å². The van der Waals surface area contributed by atoms with Crippen LogP contribution in [0.3, 0.4) is 0 Å². The van der Waals surface area contributed by atoms with Crippen LogP contribution >= 0.6 is 0 Å². The summed E-state index contributed by atoms with van der Waals surface area (Å²) >= 11 is 0. The van der Waals surface area contributed by atoms with Gasteiger partial charge in [-0.15, -0.1) is 0 Å². The lowest BCUT2D eigenvalue weighted by atomic mass is 10.0. The smallest absolute Gasteiger partial charge is 0.322 e. The first-order valence-electron chi connectivity index (χ1n) is 10.1. The van der Waals surface area contributed by atoms with E-state index in [-0.39, 0.29) is 18.2 Å². The van der Waals surface area contributed by atoms with Crippen LogP contribution in [0.25, 0.3) is 0 Å². The number of nitrogens with one attached hydrogen (secondary N) is 2. The van der Waals surface area contributed by atoms with Crippen LogP contribution in [0.2, 0.25) is 0 Å². The molecular formula is C21H30N4O5. The molecule has 1 aromatic rings. The largest absolute Gasteiger partial charge is 0.480 e. The Hall–Kier alpha value is -2.94. The van der Waals surface area contributed by atoms with Crippen molar-refractivity contribution in [3.63, 3.8) is 0 Å². The number of hydrogen-bond acceptors (Lipinski definition) is 5. The molecule has 3 atom stereocenters. The first kappa shape index (κ1) is 23.3. The maximum atomic E-state index is 13.3. The molecule has 3 amide bonds. The Kier molecular flexibility index (Phi) is 8.35. The topological polar surface area (TPSA) is 142 Å². The lowest BCUT2D eigenvalue weighted by molar-refractivity contribution is -0.143. The Morgan fingerprint density at radius 2 is 1.87 bits per heavy atom. The highest BCUT2D eigenvalue weighted by Gasteiger charge is 2.38. The number of carboxylic acid groups (broad SMARTS) is 1. The normalized spacial score (nSPS) is 18.0. The predicted octanol–water partition coefficient (Wildman–Crippen LogP) is -0.111. The number of benzene rings is 1. The van der Waals surface area contributed by atoms with Gasteiger partial charge in [-0.3, -0.25) is 19.2 Å². The average molecular weight is 418 g/mol. The van der Waals surface area contributed by atoms with Gasteiger partial charge in [0.25, 0.3) is 0 Å². The Labute approximate surface area is 176 Å². The van der Waals surface area contributed by atoms with Crippen molar-refractivity contribution in [2.24, 2.45) is 11.7 Å². The van der Waals surface area contributed by atoms with E-state index in [9.17, 15) is 19.2 Å². The van der Waals surface area contributed by atoms with Crippen LogP contribution < -0.4 is 16.4 Å². The quantitative estimate of drug-likeness (QED) is 0.441. The molecule has 1 fully saturated rings. The van der Waals surface area contributed by atoms with Gasteiger partial charge < -0.3 is 26.4 Å². The molecule has 3 unspecified atom stereocenters. The molecule has 164 valence electrons. The van der Waals surface area contributed by atoms with Crippen molar-refractivity contribution in [1.29, 1.82) is 0 Å². The number of likely N-dealkylation sites (tertiary alicyclic amines) is 1. The molecule has 1 aliphatic rings. The zero-order valence-corrected chi connectivity index (χ0v) is 17.3. The summed E-state index contributed by atoms with van der Waals surface area (Å²) in [7, 11) is 0. The van der Waals surface area contributed by atoms with Crippen molar-refractivity contribution < 1.29 is 24.3 Å². The first-order chi connectivity index (χ1) is 14.2. The van der Waals surface area contributed by atoms with E-state index in [1.165, 1.54) is 4.90 Å². The third-order valence-corrected chi connectivity index (χ3v) is 5.17. The molecule has 0 bridgehead atoms. The summed E-state index contributed by atoms with van der Waals surface area (Å²) in [5, 5.41) is 13.9. The van der Waals surface area contributed by atoms with Gasteiger partial charge >= 0.3 is 5.97 Å². The summed E-state index contributed by atoms with van der Waals surface area (Å²) in [5.41, 5.74) is 6.80. The summed E-state index contributed by atoms with van der Waals surface area (Å²) in [4.78, 5) is 50.4. The van der Waals surface area contributed by atoms with E-state index in [0.29, 0.717) is 19.4 Å². The monoisotopic (exact) mass is 418 g/mol. The molecule has 30 heavy (non-hydrogen) atoms. The van der Waals surface area contributed by atoms with Gasteiger partial charge in [-0.1, -0.05) is 44.2 Å². The number of carbonyl (C=O) groups excluding carboxylic acids is 3. The van der Waals surface area contributed by atoms with Crippen molar-refractivity contribution >= 4 is 23.7 Å². The second kappa shape index (κ2) is 10.7. The van der Waals surface area contributed by atoms with Crippen LogP contribution in [0.15, 0.2) is 30.3 Å². The van der Waals surface area contributed by atoms with E-state index in [1.807, 2.05) is 44.2 Å². The molecule has 0 aliphatic carbocycles. The van der Waals surface area contributed by atoms with Crippen molar-refractivity contribution in [2.45, 2.75) is 51.2 Å². The summed E-state index contributed by atoms with van der Waals surface area (Å²) in [6, 6.07) is 6.86. The number of amides is 3. The number of carbonyl (C=O) groups is 4. The van der Waals surface area contributed by atoms with Gasteiger partial charge in [0.15, 0.2) is 0 Å². The van der Waals surface area contributed by atoms with Crippen LogP contribution in [0, 0.1) is 5.92 Å². The minimum Gasteiger partial charge on any atom is -0.480 e. The van der Waals surface area contributed by atoms with Gasteiger partial charge in [-0.05, 0) is 24.3 Å². The third-order valence-electron chi connectivity index (χ3n) is 5.17. The highest BCUT2D eigenvalue weighted by atomic mass is 16.4. The first-order valence-corrected chi connectivity index (χ1v) is 10.1. The highest BCUT2D eigenvalue weighted by molar-refractivity contribution is 5.94. The van der Waals surface area contributed by atoms with Crippen LogP contribution in [0.5, 0.6) is 0 Å². The zero-order valence-electron chi connectivity index (χ0n) is 17.3. The summed E-state index contributed by atoms with van der Waals surface area (Å²) in [6.45, 7) is 3.50. The zero-order chi connectivity index (χ0) is 22.3. The fourth-order valence-electron chi connectivity index (χ4n) is 3.40. The van der Waals surface area contributed by atoms with Crippen molar-refractivity contribution in [1.82, 2.24) is 15.5 Å². The number of carboxylic acids is 1. The second-order valence-corrected chi connectivity index (χ2v) is 7.82. The Balaban J connectivity index is 2.18. The van der Waals surface area contributed by atoms with E-state index >= 15 is 0 Å². The van der Waals surface area contributed by atoms with Crippen molar-refractivity contribution in [3.05, 3.63) is 35.9 Å². The number of rotatable bonds is 9. The van der Waals surface area contributed by atoms with Gasteiger partial charge in [0.2, 0.25) is 17.7 Å². The van der Waals surface area contributed by atoms with Crippen LogP contribution in [0.1, 0.15) is 32.3 Å². The molecule has 0 saturated carbocycles. The van der Waals surface area contributed by atoms with E-state index in [2.05, 4.69) is 10.6 Å². The summed E-state index contributed by atoms with van der Waals surface area (Å²) < 4.78 is 0. The van der Waals surface area contributed by atoms with Crippen molar-refractivity contribution in [3.8, 4) is 0 Å². The van der Waals surface area contributed by atoms with Gasteiger partial charge in [0.05, 0.1) is 6.04 Å². The fraction of sp³-hybridized carbons (Fsp3) is 0.524. The lowest BCUT2D eigenvalue weighted by Gasteiger charge is -2.29. The molecule has 0 spiro atoms. The highest BCUT2D eigenvalue weighted by Crippen LogP contribution is 2.20. The average Bonchev–Trinajstić information content (AvgIpc) is 3.20. The van der Waals surface area contributed by atoms with E-state index in [0.717, 1.165) is 5.56 Å². The number of hydrogen-bond donors (Lipinski definition) is 4. The van der Waals surface area contributed by atoms with Crippen LogP contribution in [-0.2, 0) is 25.6 Å². The van der Waals surface area contributed by atoms with Crippen LogP contribution in [0.4, 0.5) is 0 Å². The van der Waals surface area contributed by atoms with E-state index < -0.39 is 42.5 Å². The van der Waals surface area contributed by atoms with Gasteiger partial charge in [-0.25, -0.2) is 0 Å². The summed E-state index contributed by atoms with van der Waals surface area (Å²) in [5.74, 6) is -2.57. The number of nitrogens with two attached hydrogens (primary N) is 1. The number of nitrogens with zero attached hydrogens (tertiary/aromatic N) is 1. The molecule has 1 heterocycles. The molecule has 1 aliphatic heterocycles. The van der Waals surface area contributed by atoms with E-state index in [4.69, 9.17) is 10.8 Å². The van der Waals surface area contributed by atoms with Gasteiger partial charge in [-0.2, -0.15) is 0 Å². The summed E-state index contributed by atoms with van der Waals surface area (Å²) in [6.07, 6.45) is 1.32. The molecule has 9 nitrogen and oxygen atoms in total. The molecule has 5 N–H and O–H groups in total. The standard InChI is InChI=1S/C21H30N4O5/c1-13(2)18(22)20(29)24-15(11-14-7-4-3-5-8-14)21(30)25-10-6-9-16(25)19(28)23-12-17(26)27/h3-5,7-8,13,15-16,18H,6,9-12,22H2,1-2H3,(H,23,28)(H,24,29)(H,26,27). The maximum absolute atomic E-state index is 13.3. The minimum absolute atomic E-state index is 0.0983. The SMILES string of the molecule is CC(C)C(N)C(=O)NC(Cc1ccccc1)C(=O)N1CCCC1C(=O)NCC(=O)O. The second-order valence-electron chi connectivity index (χ2n) is 7.82. The van der Waals surface area contributed by atoms with Crippen LogP contribution in [-0.4, -0.2) is 64.9 Å². The molecule has 9 heteroatoms. The minimum atomic E-state index is -1.16. The Morgan fingerprint density at radius 1 is 1.20 bits per heavy atom. The molecule has 1 saturated heterocycles. The third kappa shape index (κ3) is 6.28. The Morgan fingerprint density at radius 3 is 2.47 bits per heavy atom. The van der Waals surface area contributed by atoms with E-state index in [1.54, 1.807) is 0 Å². The van der Waals surface area contributed by atoms with Gasteiger partial charge in [0.1, 0.15) is 18.6 Å². The lowest BCUT2D eigenvalue weighted by Crippen LogP contribution is -2.57. The predicted molar refractivity (Wildman–Crippen MR) is 110 cm³/mol.